The monoisotopic (exact) mass is 743 g/mol. The van der Waals surface area contributed by atoms with Crippen molar-refractivity contribution in [2.75, 3.05) is 0 Å². The maximum absolute atomic E-state index is 3.61. The van der Waals surface area contributed by atoms with Crippen molar-refractivity contribution in [3.8, 4) is 23.7 Å². The van der Waals surface area contributed by atoms with Crippen molar-refractivity contribution < 1.29 is 0 Å². The van der Waals surface area contributed by atoms with Crippen LogP contribution in [0.25, 0.3) is 0 Å². The molecule has 4 fully saturated rings. The molecule has 4 aliphatic rings. The fourth-order valence-electron chi connectivity index (χ4n) is 10.7. The Hall–Kier alpha value is -2.44. The standard InChI is InChI=1S/C28H42.C27H40/c1-3-5-6-7-8-24-9-11-25(12-10-24)13-14-26-17-21-28(22-18-26)27-19-15-23(4-2)16-20-27;1-3-4-5-6-7-23-10-12-24(13-11-23)14-15-25-16-20-27(21-17-25)26-18-8-22(2)9-19-26/h9-12,23,26-28H,3-8,15-22H2,1-2H3;10-13,22,25-27H,3-9,16-21H2,1-2H3/t23-,26-,27-,28-;22-,25-,26-,27-. The van der Waals surface area contributed by atoms with E-state index in [0.717, 1.165) is 35.5 Å². The zero-order valence-electron chi connectivity index (χ0n) is 36.3. The van der Waals surface area contributed by atoms with Gasteiger partial charge in [-0.3, -0.25) is 0 Å². The topological polar surface area (TPSA) is 0 Å². The van der Waals surface area contributed by atoms with Crippen LogP contribution in [0.5, 0.6) is 0 Å². The molecule has 0 heteroatoms. The fourth-order valence-corrected chi connectivity index (χ4v) is 10.7. The van der Waals surface area contributed by atoms with Crippen LogP contribution in [0.3, 0.4) is 0 Å². The van der Waals surface area contributed by atoms with Crippen molar-refractivity contribution in [1.82, 2.24) is 0 Å². The molecule has 0 bridgehead atoms. The highest BCUT2D eigenvalue weighted by Gasteiger charge is 2.31. The number of aryl methyl sites for hydroxylation is 2. The average molecular weight is 743 g/mol. The number of hydrogen-bond donors (Lipinski definition) is 0. The molecule has 55 heavy (non-hydrogen) atoms. The molecular weight excluding hydrogens is 661 g/mol. The van der Waals surface area contributed by atoms with Crippen molar-refractivity contribution in [1.29, 1.82) is 0 Å². The molecule has 6 rings (SSSR count). The summed E-state index contributed by atoms with van der Waals surface area (Å²) in [6.07, 6.45) is 37.5. The summed E-state index contributed by atoms with van der Waals surface area (Å²) in [5.74, 6) is 21.5. The Bertz CT molecular complexity index is 1410. The molecule has 0 radical (unpaired) electrons. The van der Waals surface area contributed by atoms with E-state index in [4.69, 9.17) is 0 Å². The molecule has 0 saturated heterocycles. The highest BCUT2D eigenvalue weighted by atomic mass is 14.4. The van der Waals surface area contributed by atoms with Crippen molar-refractivity contribution in [3.05, 3.63) is 70.8 Å². The number of unbranched alkanes of at least 4 members (excludes halogenated alkanes) is 6. The van der Waals surface area contributed by atoms with E-state index in [2.05, 4.69) is 99.9 Å². The van der Waals surface area contributed by atoms with Crippen molar-refractivity contribution in [2.24, 2.45) is 47.3 Å². The van der Waals surface area contributed by atoms with Gasteiger partial charge in [0.25, 0.3) is 0 Å². The largest absolute Gasteiger partial charge is 0.0945 e. The number of rotatable bonds is 13. The van der Waals surface area contributed by atoms with E-state index in [1.165, 1.54) is 196 Å². The molecule has 302 valence electrons. The van der Waals surface area contributed by atoms with Crippen LogP contribution in [-0.2, 0) is 12.8 Å². The summed E-state index contributed by atoms with van der Waals surface area (Å²) in [6.45, 7) is 9.35. The van der Waals surface area contributed by atoms with Gasteiger partial charge >= 0.3 is 0 Å². The molecule has 0 spiro atoms. The zero-order chi connectivity index (χ0) is 38.5. The Morgan fingerprint density at radius 3 is 1.15 bits per heavy atom. The average Bonchev–Trinajstić information content (AvgIpc) is 3.24. The first kappa shape index (κ1) is 43.7. The molecule has 2 aromatic carbocycles. The second kappa shape index (κ2) is 25.0. The summed E-state index contributed by atoms with van der Waals surface area (Å²) >= 11 is 0. The van der Waals surface area contributed by atoms with Crippen molar-refractivity contribution in [3.63, 3.8) is 0 Å². The lowest BCUT2D eigenvalue weighted by Gasteiger charge is -2.36. The van der Waals surface area contributed by atoms with Crippen LogP contribution in [0, 0.1) is 71.0 Å². The lowest BCUT2D eigenvalue weighted by Crippen LogP contribution is -2.25. The molecule has 0 atom stereocenters. The Morgan fingerprint density at radius 1 is 0.418 bits per heavy atom. The first-order valence-electron chi connectivity index (χ1n) is 24.2. The molecular formula is C55H82. The van der Waals surface area contributed by atoms with Crippen LogP contribution >= 0.6 is 0 Å². The van der Waals surface area contributed by atoms with E-state index >= 15 is 0 Å². The van der Waals surface area contributed by atoms with Gasteiger partial charge < -0.3 is 0 Å². The molecule has 4 saturated carbocycles. The van der Waals surface area contributed by atoms with E-state index < -0.39 is 0 Å². The summed E-state index contributed by atoms with van der Waals surface area (Å²) in [7, 11) is 0. The molecule has 0 aliphatic heterocycles. The van der Waals surface area contributed by atoms with Crippen LogP contribution in [0.1, 0.15) is 210 Å². The van der Waals surface area contributed by atoms with Gasteiger partial charge in [0, 0.05) is 23.0 Å². The molecule has 4 aliphatic carbocycles. The first-order chi connectivity index (χ1) is 27.0. The van der Waals surface area contributed by atoms with Gasteiger partial charge in [-0.2, -0.15) is 0 Å². The molecule has 0 aromatic heterocycles. The smallest absolute Gasteiger partial charge is 0.0245 e. The second-order valence-electron chi connectivity index (χ2n) is 19.0. The van der Waals surface area contributed by atoms with Gasteiger partial charge in [0.2, 0.25) is 0 Å². The Balaban J connectivity index is 0.000000211. The minimum Gasteiger partial charge on any atom is -0.0945 e. The lowest BCUT2D eigenvalue weighted by molar-refractivity contribution is 0.156. The minimum absolute atomic E-state index is 0.636. The maximum atomic E-state index is 3.61. The SMILES string of the molecule is CCCCCCc1ccc(C#C[C@H]2CC[C@H]([C@H]3CC[C@H](C)CC3)CC2)cc1.CCCCCCc1ccc(C#C[C@H]2CC[C@H]([C@H]3CC[C@H](CC)CC3)CC2)cc1. The highest BCUT2D eigenvalue weighted by Crippen LogP contribution is 2.43. The zero-order valence-corrected chi connectivity index (χ0v) is 36.3. The molecule has 0 unspecified atom stereocenters. The third kappa shape index (κ3) is 15.8. The van der Waals surface area contributed by atoms with Gasteiger partial charge in [-0.15, -0.1) is 0 Å². The predicted octanol–water partition coefficient (Wildman–Crippen LogP) is 16.0. The third-order valence-electron chi connectivity index (χ3n) is 14.8. The third-order valence-corrected chi connectivity index (χ3v) is 14.8. The first-order valence-corrected chi connectivity index (χ1v) is 24.2. The van der Waals surface area contributed by atoms with Crippen molar-refractivity contribution in [2.45, 2.75) is 201 Å². The number of benzene rings is 2. The van der Waals surface area contributed by atoms with E-state index in [1.54, 1.807) is 0 Å². The summed E-state index contributed by atoms with van der Waals surface area (Å²) in [4.78, 5) is 0. The quantitative estimate of drug-likeness (QED) is 0.142. The summed E-state index contributed by atoms with van der Waals surface area (Å²) in [5, 5.41) is 0. The Labute approximate surface area is 341 Å². The molecule has 0 N–H and O–H groups in total. The molecule has 0 nitrogen and oxygen atoms in total. The van der Waals surface area contributed by atoms with Gasteiger partial charge in [0.05, 0.1) is 0 Å². The van der Waals surface area contributed by atoms with E-state index in [-0.39, 0.29) is 0 Å². The summed E-state index contributed by atoms with van der Waals surface area (Å²) in [5.41, 5.74) is 5.35. The lowest BCUT2D eigenvalue weighted by atomic mass is 9.69. The Kier molecular flexibility index (Phi) is 19.9. The van der Waals surface area contributed by atoms with Gasteiger partial charge in [-0.25, -0.2) is 0 Å². The molecule has 0 amide bonds. The van der Waals surface area contributed by atoms with E-state index in [1.807, 2.05) is 0 Å². The summed E-state index contributed by atoms with van der Waals surface area (Å²) < 4.78 is 0. The molecule has 2 aromatic rings. The predicted molar refractivity (Wildman–Crippen MR) is 240 cm³/mol. The normalized spacial score (nSPS) is 28.1. The highest BCUT2D eigenvalue weighted by molar-refractivity contribution is 5.37. The second-order valence-corrected chi connectivity index (χ2v) is 19.0. The van der Waals surface area contributed by atoms with Gasteiger partial charge in [0.1, 0.15) is 0 Å². The Morgan fingerprint density at radius 2 is 0.782 bits per heavy atom. The van der Waals surface area contributed by atoms with Crippen LogP contribution < -0.4 is 0 Å². The van der Waals surface area contributed by atoms with Gasteiger partial charge in [-0.1, -0.05) is 146 Å². The fraction of sp³-hybridized carbons (Fsp3) is 0.709. The van der Waals surface area contributed by atoms with E-state index in [9.17, 15) is 0 Å². The maximum Gasteiger partial charge on any atom is 0.0245 e. The van der Waals surface area contributed by atoms with Crippen LogP contribution in [0.15, 0.2) is 48.5 Å². The van der Waals surface area contributed by atoms with Crippen molar-refractivity contribution >= 4 is 0 Å². The van der Waals surface area contributed by atoms with E-state index in [0.29, 0.717) is 11.8 Å². The summed E-state index contributed by atoms with van der Waals surface area (Å²) in [6, 6.07) is 18.1. The van der Waals surface area contributed by atoms with Gasteiger partial charge in [-0.05, 0) is 174 Å². The number of hydrogen-bond acceptors (Lipinski definition) is 0. The van der Waals surface area contributed by atoms with Crippen LogP contribution in [0.4, 0.5) is 0 Å². The van der Waals surface area contributed by atoms with Crippen LogP contribution in [0.2, 0.25) is 0 Å². The van der Waals surface area contributed by atoms with Crippen LogP contribution in [-0.4, -0.2) is 0 Å². The van der Waals surface area contributed by atoms with Gasteiger partial charge in [0.15, 0.2) is 0 Å². The minimum atomic E-state index is 0.636. The molecule has 0 heterocycles.